The molecule has 1 aliphatic rings. The number of hydrogen-bond acceptors (Lipinski definition) is 3. The van der Waals surface area contributed by atoms with Crippen LogP contribution in [0.3, 0.4) is 0 Å². The van der Waals surface area contributed by atoms with Crippen molar-refractivity contribution in [2.24, 2.45) is 0 Å². The van der Waals surface area contributed by atoms with Crippen LogP contribution in [0.25, 0.3) is 0 Å². The number of carbonyl (C=O) groups excluding carboxylic acids is 1. The van der Waals surface area contributed by atoms with E-state index in [0.29, 0.717) is 11.3 Å². The van der Waals surface area contributed by atoms with Crippen molar-refractivity contribution in [3.63, 3.8) is 0 Å². The van der Waals surface area contributed by atoms with Crippen molar-refractivity contribution >= 4 is 17.5 Å². The van der Waals surface area contributed by atoms with Crippen LogP contribution in [-0.4, -0.2) is 31.6 Å². The largest absolute Gasteiger partial charge is 0.493 e. The number of benzene rings is 3. The number of fused-ring (bicyclic) bond motifs is 1. The molecule has 1 atom stereocenters. The van der Waals surface area contributed by atoms with Gasteiger partial charge < -0.3 is 14.4 Å². The van der Waals surface area contributed by atoms with Gasteiger partial charge in [-0.25, -0.2) is 26.3 Å². The molecule has 3 aromatic rings. The second kappa shape index (κ2) is 9.33. The SMILES string of the molecule is COc1cc2c(cc1OC)C(c1c(F)cccc1Cl)N(C(=O)c1c(F)c(F)c(F)c(F)c1F)CC2. The molecule has 11 heteroatoms. The van der Waals surface area contributed by atoms with Gasteiger partial charge in [0, 0.05) is 17.1 Å². The summed E-state index contributed by atoms with van der Waals surface area (Å²) in [7, 11) is 2.74. The average Bonchev–Trinajstić information content (AvgIpc) is 2.85. The van der Waals surface area contributed by atoms with E-state index in [2.05, 4.69) is 0 Å². The van der Waals surface area contributed by atoms with Gasteiger partial charge in [-0.05, 0) is 41.8 Å². The molecule has 0 spiro atoms. The molecule has 184 valence electrons. The van der Waals surface area contributed by atoms with Gasteiger partial charge in [-0.15, -0.1) is 0 Å². The van der Waals surface area contributed by atoms with Crippen molar-refractivity contribution in [1.82, 2.24) is 4.90 Å². The summed E-state index contributed by atoms with van der Waals surface area (Å²) in [6.45, 7) is -0.254. The molecule has 4 rings (SSSR count). The van der Waals surface area contributed by atoms with Gasteiger partial charge in [0.25, 0.3) is 5.91 Å². The minimum Gasteiger partial charge on any atom is -0.493 e. The second-order valence-electron chi connectivity index (χ2n) is 7.64. The first-order valence-corrected chi connectivity index (χ1v) is 10.5. The van der Waals surface area contributed by atoms with Gasteiger partial charge in [-0.3, -0.25) is 4.79 Å². The zero-order chi connectivity index (χ0) is 25.6. The molecule has 1 amide bonds. The molecule has 3 aromatic carbocycles. The predicted molar refractivity (Wildman–Crippen MR) is 114 cm³/mol. The Morgan fingerprint density at radius 3 is 2.06 bits per heavy atom. The lowest BCUT2D eigenvalue weighted by Crippen LogP contribution is -2.42. The Kier molecular flexibility index (Phi) is 6.59. The van der Waals surface area contributed by atoms with Crippen molar-refractivity contribution < 1.29 is 40.6 Å². The van der Waals surface area contributed by atoms with Crippen LogP contribution in [0.4, 0.5) is 26.3 Å². The van der Waals surface area contributed by atoms with Crippen LogP contribution in [0.2, 0.25) is 5.02 Å². The molecule has 4 nitrogen and oxygen atoms in total. The lowest BCUT2D eigenvalue weighted by atomic mass is 9.86. The molecule has 0 saturated carbocycles. The lowest BCUT2D eigenvalue weighted by Gasteiger charge is -2.38. The van der Waals surface area contributed by atoms with Gasteiger partial charge in [-0.2, -0.15) is 0 Å². The maximum atomic E-state index is 15.0. The van der Waals surface area contributed by atoms with Crippen LogP contribution in [0.15, 0.2) is 30.3 Å². The Balaban J connectivity index is 1.98. The highest BCUT2D eigenvalue weighted by molar-refractivity contribution is 6.31. The van der Waals surface area contributed by atoms with Crippen molar-refractivity contribution in [3.05, 3.63) is 92.5 Å². The molecule has 35 heavy (non-hydrogen) atoms. The first kappa shape index (κ1) is 24.7. The number of carbonyl (C=O) groups is 1. The van der Waals surface area contributed by atoms with Crippen molar-refractivity contribution in [2.45, 2.75) is 12.5 Å². The summed E-state index contributed by atoms with van der Waals surface area (Å²) in [4.78, 5) is 14.1. The third kappa shape index (κ3) is 3.95. The number of rotatable bonds is 4. The Morgan fingerprint density at radius 1 is 0.914 bits per heavy atom. The van der Waals surface area contributed by atoms with E-state index < -0.39 is 52.4 Å². The molecule has 1 unspecified atom stereocenters. The maximum absolute atomic E-state index is 15.0. The van der Waals surface area contributed by atoms with Gasteiger partial charge in [0.15, 0.2) is 34.8 Å². The number of halogens is 7. The quantitative estimate of drug-likeness (QED) is 0.244. The van der Waals surface area contributed by atoms with Gasteiger partial charge in [0.1, 0.15) is 11.4 Å². The number of amides is 1. The van der Waals surface area contributed by atoms with Crippen LogP contribution >= 0.6 is 11.6 Å². The second-order valence-corrected chi connectivity index (χ2v) is 8.04. The van der Waals surface area contributed by atoms with Crippen LogP contribution in [0, 0.1) is 34.9 Å². The van der Waals surface area contributed by atoms with Crippen LogP contribution in [0.1, 0.15) is 33.1 Å². The Bertz CT molecular complexity index is 1300. The summed E-state index contributed by atoms with van der Waals surface area (Å²) in [6.07, 6.45) is 0.0966. The van der Waals surface area contributed by atoms with E-state index in [4.69, 9.17) is 21.1 Å². The summed E-state index contributed by atoms with van der Waals surface area (Å²) in [6, 6.07) is 5.38. The molecule has 1 heterocycles. The Morgan fingerprint density at radius 2 is 1.49 bits per heavy atom. The van der Waals surface area contributed by atoms with E-state index in [1.165, 1.54) is 32.4 Å². The molecular weight excluding hydrogens is 500 g/mol. The molecular formula is C24H16ClF6NO3. The third-order valence-electron chi connectivity index (χ3n) is 5.83. The predicted octanol–water partition coefficient (Wildman–Crippen LogP) is 5.98. The molecule has 0 N–H and O–H groups in total. The first-order valence-electron chi connectivity index (χ1n) is 10.1. The Hall–Kier alpha value is -3.40. The van der Waals surface area contributed by atoms with E-state index in [0.717, 1.165) is 11.0 Å². The molecule has 0 bridgehead atoms. The monoisotopic (exact) mass is 515 g/mol. The van der Waals surface area contributed by atoms with E-state index in [1.54, 1.807) is 6.07 Å². The number of nitrogens with zero attached hydrogens (tertiary/aromatic N) is 1. The van der Waals surface area contributed by atoms with E-state index >= 15 is 4.39 Å². The summed E-state index contributed by atoms with van der Waals surface area (Å²) in [5, 5.41) is -0.118. The van der Waals surface area contributed by atoms with Gasteiger partial charge in [0.2, 0.25) is 5.82 Å². The molecule has 0 fully saturated rings. The molecule has 0 aromatic heterocycles. The highest BCUT2D eigenvalue weighted by atomic mass is 35.5. The molecule has 0 saturated heterocycles. The minimum absolute atomic E-state index is 0.0966. The summed E-state index contributed by atoms with van der Waals surface area (Å²) in [5.74, 6) is -13.3. The van der Waals surface area contributed by atoms with E-state index in [1.807, 2.05) is 0 Å². The normalized spacial score (nSPS) is 15.1. The van der Waals surface area contributed by atoms with Crippen LogP contribution in [0.5, 0.6) is 11.5 Å². The topological polar surface area (TPSA) is 38.8 Å². The number of ether oxygens (including phenoxy) is 2. The van der Waals surface area contributed by atoms with Crippen LogP contribution in [-0.2, 0) is 6.42 Å². The zero-order valence-electron chi connectivity index (χ0n) is 18.2. The smallest absolute Gasteiger partial charge is 0.260 e. The fraction of sp³-hybridized carbons (Fsp3) is 0.208. The number of methoxy groups -OCH3 is 2. The first-order chi connectivity index (χ1) is 16.6. The average molecular weight is 516 g/mol. The molecule has 0 radical (unpaired) electrons. The van der Waals surface area contributed by atoms with Gasteiger partial charge in [-0.1, -0.05) is 17.7 Å². The van der Waals surface area contributed by atoms with Crippen molar-refractivity contribution in [1.29, 1.82) is 0 Å². The van der Waals surface area contributed by atoms with E-state index in [9.17, 15) is 26.7 Å². The fourth-order valence-corrected chi connectivity index (χ4v) is 4.45. The summed E-state index contributed by atoms with van der Waals surface area (Å²) >= 11 is 6.26. The highest BCUT2D eigenvalue weighted by Crippen LogP contribution is 2.44. The summed E-state index contributed by atoms with van der Waals surface area (Å²) in [5.41, 5.74) is -1.02. The fourth-order valence-electron chi connectivity index (χ4n) is 4.18. The maximum Gasteiger partial charge on any atom is 0.260 e. The van der Waals surface area contributed by atoms with Gasteiger partial charge >= 0.3 is 0 Å². The van der Waals surface area contributed by atoms with Crippen LogP contribution < -0.4 is 9.47 Å². The van der Waals surface area contributed by atoms with Crippen molar-refractivity contribution in [3.8, 4) is 11.5 Å². The lowest BCUT2D eigenvalue weighted by molar-refractivity contribution is 0.0678. The molecule has 1 aliphatic heterocycles. The van der Waals surface area contributed by atoms with Crippen molar-refractivity contribution in [2.75, 3.05) is 20.8 Å². The Labute approximate surface area is 200 Å². The molecule has 0 aliphatic carbocycles. The zero-order valence-corrected chi connectivity index (χ0v) is 19.0. The minimum atomic E-state index is -2.40. The van der Waals surface area contributed by atoms with E-state index in [-0.39, 0.29) is 34.9 Å². The summed E-state index contributed by atoms with van der Waals surface area (Å²) < 4.78 is 95.9. The van der Waals surface area contributed by atoms with Gasteiger partial charge in [0.05, 0.1) is 20.3 Å². The standard InChI is InChI=1S/C24H16ClF6NO3/c1-34-14-8-10-6-7-32(24(33)17-18(27)20(29)22(31)21(30)19(17)28)23(11(10)9-15(14)35-2)16-12(25)4-3-5-13(16)26/h3-5,8-9,23H,6-7H2,1-2H3. The highest BCUT2D eigenvalue weighted by Gasteiger charge is 2.40. The third-order valence-corrected chi connectivity index (χ3v) is 6.16. The number of hydrogen-bond donors (Lipinski definition) is 0.